The van der Waals surface area contributed by atoms with Crippen LogP contribution in [-0.2, 0) is 16.0 Å². The lowest BCUT2D eigenvalue weighted by Crippen LogP contribution is -2.50. The van der Waals surface area contributed by atoms with Crippen molar-refractivity contribution in [2.75, 3.05) is 43.0 Å². The molecule has 0 radical (unpaired) electrons. The summed E-state index contributed by atoms with van der Waals surface area (Å²) in [6.45, 7) is 8.42. The number of esters is 1. The Morgan fingerprint density at radius 2 is 1.67 bits per heavy atom. The summed E-state index contributed by atoms with van der Waals surface area (Å²) in [4.78, 5) is 40.7. The number of rotatable bonds is 6. The molecule has 1 fully saturated rings. The third-order valence-electron chi connectivity index (χ3n) is 6.27. The Kier molecular flexibility index (Phi) is 7.68. The van der Waals surface area contributed by atoms with Gasteiger partial charge in [0, 0.05) is 37.9 Å². The third kappa shape index (κ3) is 5.91. The van der Waals surface area contributed by atoms with E-state index >= 15 is 0 Å². The largest absolute Gasteiger partial charge is 0.466 e. The van der Waals surface area contributed by atoms with E-state index in [1.807, 2.05) is 32.0 Å². The molecule has 1 aromatic heterocycles. The first kappa shape index (κ1) is 25.0. The van der Waals surface area contributed by atoms with Crippen molar-refractivity contribution in [1.29, 1.82) is 0 Å². The third-order valence-corrected chi connectivity index (χ3v) is 6.27. The zero-order chi connectivity index (χ0) is 25.7. The van der Waals surface area contributed by atoms with E-state index in [9.17, 15) is 14.4 Å². The maximum Gasteiger partial charge on any atom is 0.321 e. The first-order valence-electron chi connectivity index (χ1n) is 12.1. The van der Waals surface area contributed by atoms with Gasteiger partial charge in [0.2, 0.25) is 0 Å². The zero-order valence-corrected chi connectivity index (χ0v) is 20.9. The van der Waals surface area contributed by atoms with E-state index in [0.717, 1.165) is 22.4 Å². The van der Waals surface area contributed by atoms with Gasteiger partial charge in [-0.2, -0.15) is 4.68 Å². The van der Waals surface area contributed by atoms with Crippen molar-refractivity contribution in [3.8, 4) is 5.69 Å². The van der Waals surface area contributed by atoms with E-state index in [-0.39, 0.29) is 24.0 Å². The number of aromatic nitrogens is 2. The molecule has 1 aliphatic heterocycles. The predicted octanol–water partition coefficient (Wildman–Crippen LogP) is 3.31. The Bertz CT molecular complexity index is 1290. The molecule has 4 rings (SSSR count). The van der Waals surface area contributed by atoms with Crippen LogP contribution in [0.2, 0.25) is 0 Å². The molecule has 1 saturated heterocycles. The van der Waals surface area contributed by atoms with Crippen LogP contribution in [0.4, 0.5) is 16.3 Å². The summed E-state index contributed by atoms with van der Waals surface area (Å²) in [5, 5.41) is 7.50. The summed E-state index contributed by atoms with van der Waals surface area (Å²) >= 11 is 0. The number of carbonyl (C=O) groups is 2. The van der Waals surface area contributed by atoms with Crippen molar-refractivity contribution in [1.82, 2.24) is 14.7 Å². The number of hydrogen-bond acceptors (Lipinski definition) is 6. The number of benzene rings is 2. The summed E-state index contributed by atoms with van der Waals surface area (Å²) < 4.78 is 6.39. The normalized spacial score (nSPS) is 13.4. The maximum absolute atomic E-state index is 12.8. The molecule has 2 heterocycles. The Morgan fingerprint density at radius 1 is 0.944 bits per heavy atom. The standard InChI is InChI=1S/C27H31N5O4/c1-4-36-26(34)18-21-6-8-22(9-7-21)28-27(35)31-15-13-30(14-16-31)24-11-12-25(33)32(29-24)23-10-5-19(2)20(3)17-23/h5-12,17H,4,13-16,18H2,1-3H3,(H,28,35). The molecule has 188 valence electrons. The number of ether oxygens (including phenoxy) is 1. The van der Waals surface area contributed by atoms with Crippen LogP contribution in [0.3, 0.4) is 0 Å². The SMILES string of the molecule is CCOC(=O)Cc1ccc(NC(=O)N2CCN(c3ccc(=O)n(-c4ccc(C)c(C)c4)n3)CC2)cc1. The van der Waals surface area contributed by atoms with Crippen molar-refractivity contribution in [2.24, 2.45) is 0 Å². The van der Waals surface area contributed by atoms with Crippen LogP contribution in [0, 0.1) is 13.8 Å². The number of piperazine rings is 1. The number of nitrogens with one attached hydrogen (secondary N) is 1. The van der Waals surface area contributed by atoms with E-state index in [0.29, 0.717) is 44.3 Å². The van der Waals surface area contributed by atoms with Crippen LogP contribution < -0.4 is 15.8 Å². The van der Waals surface area contributed by atoms with Gasteiger partial charge in [0.15, 0.2) is 0 Å². The smallest absolute Gasteiger partial charge is 0.321 e. The minimum absolute atomic E-state index is 0.180. The average molecular weight is 490 g/mol. The highest BCUT2D eigenvalue weighted by molar-refractivity contribution is 5.89. The van der Waals surface area contributed by atoms with Crippen molar-refractivity contribution >= 4 is 23.5 Å². The van der Waals surface area contributed by atoms with Gasteiger partial charge in [0.25, 0.3) is 5.56 Å². The Labute approximate surface area is 210 Å². The average Bonchev–Trinajstić information content (AvgIpc) is 2.87. The highest BCUT2D eigenvalue weighted by atomic mass is 16.5. The summed E-state index contributed by atoms with van der Waals surface area (Å²) in [5.41, 5.74) is 4.29. The fourth-order valence-corrected chi connectivity index (χ4v) is 4.04. The Morgan fingerprint density at radius 3 is 2.33 bits per heavy atom. The minimum atomic E-state index is -0.272. The summed E-state index contributed by atoms with van der Waals surface area (Å²) in [6, 6.07) is 16.1. The molecule has 0 aliphatic carbocycles. The number of anilines is 2. The summed E-state index contributed by atoms with van der Waals surface area (Å²) in [7, 11) is 0. The number of urea groups is 1. The Hall–Kier alpha value is -4.14. The summed E-state index contributed by atoms with van der Waals surface area (Å²) in [5.74, 6) is 0.427. The van der Waals surface area contributed by atoms with Gasteiger partial charge in [-0.15, -0.1) is 5.10 Å². The molecule has 9 nitrogen and oxygen atoms in total. The molecule has 0 saturated carbocycles. The van der Waals surface area contributed by atoms with Gasteiger partial charge < -0.3 is 19.9 Å². The molecule has 36 heavy (non-hydrogen) atoms. The van der Waals surface area contributed by atoms with Crippen LogP contribution in [-0.4, -0.2) is 59.5 Å². The lowest BCUT2D eigenvalue weighted by Gasteiger charge is -2.35. The zero-order valence-electron chi connectivity index (χ0n) is 20.9. The first-order valence-corrected chi connectivity index (χ1v) is 12.1. The van der Waals surface area contributed by atoms with Crippen LogP contribution in [0.15, 0.2) is 59.4 Å². The van der Waals surface area contributed by atoms with E-state index < -0.39 is 0 Å². The molecule has 1 N–H and O–H groups in total. The Balaban J connectivity index is 1.35. The monoisotopic (exact) mass is 489 g/mol. The van der Waals surface area contributed by atoms with Gasteiger partial charge in [-0.05, 0) is 67.8 Å². The predicted molar refractivity (Wildman–Crippen MR) is 139 cm³/mol. The van der Waals surface area contributed by atoms with E-state index in [1.54, 1.807) is 42.2 Å². The second-order valence-electron chi connectivity index (χ2n) is 8.79. The van der Waals surface area contributed by atoms with Crippen molar-refractivity contribution < 1.29 is 14.3 Å². The molecule has 9 heteroatoms. The number of hydrogen-bond donors (Lipinski definition) is 1. The maximum atomic E-state index is 12.8. The van der Waals surface area contributed by atoms with Crippen LogP contribution in [0.5, 0.6) is 0 Å². The topological polar surface area (TPSA) is 96.8 Å². The van der Waals surface area contributed by atoms with Crippen molar-refractivity contribution in [3.05, 3.63) is 81.6 Å². The second-order valence-corrected chi connectivity index (χ2v) is 8.79. The number of carbonyl (C=O) groups excluding carboxylic acids is 2. The van der Waals surface area contributed by atoms with E-state index in [1.165, 1.54) is 10.7 Å². The first-order chi connectivity index (χ1) is 17.3. The van der Waals surface area contributed by atoms with Crippen molar-refractivity contribution in [3.63, 3.8) is 0 Å². The van der Waals surface area contributed by atoms with Gasteiger partial charge in [0.05, 0.1) is 18.7 Å². The summed E-state index contributed by atoms with van der Waals surface area (Å²) in [6.07, 6.45) is 0.203. The molecule has 2 aromatic carbocycles. The number of nitrogens with zero attached hydrogens (tertiary/aromatic N) is 4. The molecule has 1 aliphatic rings. The second kappa shape index (κ2) is 11.1. The van der Waals surface area contributed by atoms with Gasteiger partial charge >= 0.3 is 12.0 Å². The fraction of sp³-hybridized carbons (Fsp3) is 0.333. The van der Waals surface area contributed by atoms with Gasteiger partial charge in [0.1, 0.15) is 5.82 Å². The number of amides is 2. The highest BCUT2D eigenvalue weighted by Gasteiger charge is 2.22. The highest BCUT2D eigenvalue weighted by Crippen LogP contribution is 2.17. The molecule has 2 amide bonds. The molecule has 0 unspecified atom stereocenters. The lowest BCUT2D eigenvalue weighted by molar-refractivity contribution is -0.142. The quantitative estimate of drug-likeness (QED) is 0.534. The fourth-order valence-electron chi connectivity index (χ4n) is 4.04. The van der Waals surface area contributed by atoms with Gasteiger partial charge in [-0.25, -0.2) is 4.79 Å². The number of aryl methyl sites for hydroxylation is 2. The molecule has 0 bridgehead atoms. The molecule has 0 spiro atoms. The minimum Gasteiger partial charge on any atom is -0.466 e. The van der Waals surface area contributed by atoms with Gasteiger partial charge in [-0.3, -0.25) is 9.59 Å². The van der Waals surface area contributed by atoms with Crippen LogP contribution in [0.1, 0.15) is 23.6 Å². The molecular weight excluding hydrogens is 458 g/mol. The molecular formula is C27H31N5O4. The molecule has 3 aromatic rings. The van der Waals surface area contributed by atoms with E-state index in [2.05, 4.69) is 15.3 Å². The molecule has 0 atom stereocenters. The lowest BCUT2D eigenvalue weighted by atomic mass is 10.1. The van der Waals surface area contributed by atoms with Crippen molar-refractivity contribution in [2.45, 2.75) is 27.2 Å². The van der Waals surface area contributed by atoms with Crippen LogP contribution >= 0.6 is 0 Å². The van der Waals surface area contributed by atoms with E-state index in [4.69, 9.17) is 4.74 Å². The van der Waals surface area contributed by atoms with Crippen LogP contribution in [0.25, 0.3) is 5.69 Å². The van der Waals surface area contributed by atoms with Gasteiger partial charge in [-0.1, -0.05) is 18.2 Å².